The lowest BCUT2D eigenvalue weighted by molar-refractivity contribution is 0.302. The highest BCUT2D eigenvalue weighted by Gasteiger charge is 2.08. The number of nitrogens with two attached hydrogens (primary N) is 1. The first-order valence-corrected chi connectivity index (χ1v) is 7.46. The minimum Gasteiger partial charge on any atom is -0.488 e. The van der Waals surface area contributed by atoms with Crippen molar-refractivity contribution in [2.24, 2.45) is 5.73 Å². The van der Waals surface area contributed by atoms with E-state index in [9.17, 15) is 0 Å². The lowest BCUT2D eigenvalue weighted by atomic mass is 10.1. The van der Waals surface area contributed by atoms with Crippen molar-refractivity contribution in [3.63, 3.8) is 0 Å². The zero-order valence-electron chi connectivity index (χ0n) is 12.4. The van der Waals surface area contributed by atoms with Gasteiger partial charge in [0.2, 0.25) is 0 Å². The van der Waals surface area contributed by atoms with Gasteiger partial charge in [0.25, 0.3) is 0 Å². The molecule has 0 bridgehead atoms. The van der Waals surface area contributed by atoms with Gasteiger partial charge < -0.3 is 10.5 Å². The SMILES string of the molecule is Cc1cc(C)c(OCc2ccc(C(N)=S)cc2Cl)c(C)c1. The first kappa shape index (κ1) is 15.8. The number of rotatable bonds is 4. The summed E-state index contributed by atoms with van der Waals surface area (Å²) < 4.78 is 5.94. The molecule has 21 heavy (non-hydrogen) atoms. The molecule has 0 saturated heterocycles. The molecule has 2 rings (SSSR count). The molecule has 0 saturated carbocycles. The van der Waals surface area contributed by atoms with Gasteiger partial charge in [-0.1, -0.05) is 53.6 Å². The molecule has 2 aromatic carbocycles. The number of hydrogen-bond acceptors (Lipinski definition) is 2. The van der Waals surface area contributed by atoms with Crippen molar-refractivity contribution in [2.75, 3.05) is 0 Å². The van der Waals surface area contributed by atoms with E-state index in [-0.39, 0.29) is 0 Å². The van der Waals surface area contributed by atoms with Crippen LogP contribution in [0.25, 0.3) is 0 Å². The fourth-order valence-electron chi connectivity index (χ4n) is 2.36. The maximum atomic E-state index is 6.25. The number of ether oxygens (including phenoxy) is 1. The van der Waals surface area contributed by atoms with Gasteiger partial charge in [-0.05, 0) is 38.0 Å². The Balaban J connectivity index is 2.19. The molecule has 0 aliphatic rings. The normalized spacial score (nSPS) is 10.5. The Morgan fingerprint density at radius 1 is 1.14 bits per heavy atom. The Kier molecular flexibility index (Phi) is 4.86. The second-order valence-corrected chi connectivity index (χ2v) is 6.03. The number of benzene rings is 2. The minimum absolute atomic E-state index is 0.342. The summed E-state index contributed by atoms with van der Waals surface area (Å²) in [6.07, 6.45) is 0. The zero-order valence-corrected chi connectivity index (χ0v) is 13.9. The van der Waals surface area contributed by atoms with Crippen LogP contribution >= 0.6 is 23.8 Å². The van der Waals surface area contributed by atoms with E-state index >= 15 is 0 Å². The second kappa shape index (κ2) is 6.46. The van der Waals surface area contributed by atoms with Crippen LogP contribution in [0.5, 0.6) is 5.75 Å². The van der Waals surface area contributed by atoms with Crippen molar-refractivity contribution in [3.05, 3.63) is 63.2 Å². The molecule has 0 heterocycles. The van der Waals surface area contributed by atoms with Crippen LogP contribution in [-0.2, 0) is 6.61 Å². The molecule has 0 amide bonds. The average molecular weight is 320 g/mol. The summed E-state index contributed by atoms with van der Waals surface area (Å²) in [6, 6.07) is 9.76. The molecule has 2 nitrogen and oxygen atoms in total. The van der Waals surface area contributed by atoms with Crippen molar-refractivity contribution >= 4 is 28.8 Å². The highest BCUT2D eigenvalue weighted by Crippen LogP contribution is 2.27. The summed E-state index contributed by atoms with van der Waals surface area (Å²) in [6.45, 7) is 6.59. The van der Waals surface area contributed by atoms with Gasteiger partial charge in [-0.15, -0.1) is 0 Å². The largest absolute Gasteiger partial charge is 0.488 e. The zero-order chi connectivity index (χ0) is 15.6. The van der Waals surface area contributed by atoms with Crippen LogP contribution in [0, 0.1) is 20.8 Å². The molecule has 0 aliphatic heterocycles. The predicted octanol–water partition coefficient (Wildman–Crippen LogP) is 4.48. The quantitative estimate of drug-likeness (QED) is 0.844. The predicted molar refractivity (Wildman–Crippen MR) is 92.3 cm³/mol. The maximum absolute atomic E-state index is 6.25. The summed E-state index contributed by atoms with van der Waals surface area (Å²) in [4.78, 5) is 0.342. The van der Waals surface area contributed by atoms with Gasteiger partial charge in [0.1, 0.15) is 17.3 Å². The van der Waals surface area contributed by atoms with Gasteiger partial charge in [-0.3, -0.25) is 0 Å². The van der Waals surface area contributed by atoms with E-state index in [0.717, 1.165) is 28.0 Å². The molecule has 0 fully saturated rings. The standard InChI is InChI=1S/C17H18ClNOS/c1-10-6-11(2)16(12(3)7-10)20-9-14-5-4-13(17(19)21)8-15(14)18/h4-8H,9H2,1-3H3,(H2,19,21). The smallest absolute Gasteiger partial charge is 0.125 e. The van der Waals surface area contributed by atoms with E-state index in [2.05, 4.69) is 19.1 Å². The summed E-state index contributed by atoms with van der Waals surface area (Å²) in [5, 5.41) is 0.614. The van der Waals surface area contributed by atoms with Gasteiger partial charge in [0, 0.05) is 16.1 Å². The maximum Gasteiger partial charge on any atom is 0.125 e. The van der Waals surface area contributed by atoms with Gasteiger partial charge in [-0.2, -0.15) is 0 Å². The third kappa shape index (κ3) is 3.74. The van der Waals surface area contributed by atoms with Crippen molar-refractivity contribution in [1.82, 2.24) is 0 Å². The van der Waals surface area contributed by atoms with Crippen molar-refractivity contribution in [1.29, 1.82) is 0 Å². The number of thiocarbonyl (C=S) groups is 1. The Morgan fingerprint density at radius 3 is 2.29 bits per heavy atom. The van der Waals surface area contributed by atoms with Crippen LogP contribution in [0.15, 0.2) is 30.3 Å². The molecule has 2 N–H and O–H groups in total. The molecule has 2 aromatic rings. The highest BCUT2D eigenvalue weighted by atomic mass is 35.5. The highest BCUT2D eigenvalue weighted by molar-refractivity contribution is 7.80. The summed E-state index contributed by atoms with van der Waals surface area (Å²) >= 11 is 11.2. The van der Waals surface area contributed by atoms with Crippen molar-refractivity contribution in [2.45, 2.75) is 27.4 Å². The van der Waals surface area contributed by atoms with Gasteiger partial charge in [0.15, 0.2) is 0 Å². The summed E-state index contributed by atoms with van der Waals surface area (Å²) in [7, 11) is 0. The molecule has 0 radical (unpaired) electrons. The van der Waals surface area contributed by atoms with Crippen LogP contribution in [0.4, 0.5) is 0 Å². The Morgan fingerprint density at radius 2 is 1.76 bits per heavy atom. The van der Waals surface area contributed by atoms with Crippen LogP contribution in [0.1, 0.15) is 27.8 Å². The second-order valence-electron chi connectivity index (χ2n) is 5.19. The van der Waals surface area contributed by atoms with Gasteiger partial charge in [-0.25, -0.2) is 0 Å². The molecule has 0 aliphatic carbocycles. The monoisotopic (exact) mass is 319 g/mol. The molecule has 0 atom stereocenters. The molecule has 0 spiro atoms. The molecule has 4 heteroatoms. The Hall–Kier alpha value is -1.58. The Labute approximate surface area is 135 Å². The molecular formula is C17H18ClNOS. The average Bonchev–Trinajstić information content (AvgIpc) is 2.38. The number of aryl methyl sites for hydroxylation is 3. The lowest BCUT2D eigenvalue weighted by Gasteiger charge is -2.14. The van der Waals surface area contributed by atoms with Crippen LogP contribution in [0.2, 0.25) is 5.02 Å². The molecule has 0 unspecified atom stereocenters. The van der Waals surface area contributed by atoms with E-state index in [4.69, 9.17) is 34.3 Å². The van der Waals surface area contributed by atoms with E-state index < -0.39 is 0 Å². The molecular weight excluding hydrogens is 302 g/mol. The third-order valence-electron chi connectivity index (χ3n) is 3.31. The van der Waals surface area contributed by atoms with Gasteiger partial charge in [0.05, 0.1) is 0 Å². The van der Waals surface area contributed by atoms with Crippen molar-refractivity contribution < 1.29 is 4.74 Å². The van der Waals surface area contributed by atoms with E-state index in [1.807, 2.05) is 26.0 Å². The summed E-state index contributed by atoms with van der Waals surface area (Å²) in [5.41, 5.74) is 10.8. The number of hydrogen-bond donors (Lipinski definition) is 1. The minimum atomic E-state index is 0.342. The lowest BCUT2D eigenvalue weighted by Crippen LogP contribution is -2.09. The first-order valence-electron chi connectivity index (χ1n) is 6.67. The fraction of sp³-hybridized carbons (Fsp3) is 0.235. The number of halogens is 1. The third-order valence-corrected chi connectivity index (χ3v) is 3.90. The summed E-state index contributed by atoms with van der Waals surface area (Å²) in [5.74, 6) is 0.912. The first-order chi connectivity index (χ1) is 9.88. The fourth-order valence-corrected chi connectivity index (χ4v) is 2.72. The van der Waals surface area contributed by atoms with E-state index in [0.29, 0.717) is 16.6 Å². The molecule has 0 aromatic heterocycles. The molecule has 110 valence electrons. The topological polar surface area (TPSA) is 35.2 Å². The van der Waals surface area contributed by atoms with Crippen molar-refractivity contribution in [3.8, 4) is 5.75 Å². The van der Waals surface area contributed by atoms with E-state index in [1.54, 1.807) is 6.07 Å². The Bertz CT molecular complexity index is 674. The van der Waals surface area contributed by atoms with E-state index in [1.165, 1.54) is 5.56 Å². The van der Waals surface area contributed by atoms with Crippen LogP contribution < -0.4 is 10.5 Å². The van der Waals surface area contributed by atoms with Crippen LogP contribution in [0.3, 0.4) is 0 Å². The van der Waals surface area contributed by atoms with Gasteiger partial charge >= 0.3 is 0 Å². The van der Waals surface area contributed by atoms with Crippen LogP contribution in [-0.4, -0.2) is 4.99 Å².